The molecular weight excluding hydrogens is 248 g/mol. The van der Waals surface area contributed by atoms with Crippen LogP contribution in [0.4, 0.5) is 5.95 Å². The highest BCUT2D eigenvalue weighted by Crippen LogP contribution is 2.28. The molecule has 0 unspecified atom stereocenters. The highest BCUT2D eigenvalue weighted by atomic mass is 35.5. The first kappa shape index (κ1) is 12.8. The second-order valence-corrected chi connectivity index (χ2v) is 4.40. The highest BCUT2D eigenvalue weighted by molar-refractivity contribution is 6.30. The third-order valence-electron chi connectivity index (χ3n) is 2.71. The summed E-state index contributed by atoms with van der Waals surface area (Å²) < 4.78 is 0. The molecule has 2 aromatic heterocycles. The number of hydrogen-bond donors (Lipinski definition) is 1. The van der Waals surface area contributed by atoms with E-state index in [1.807, 2.05) is 12.1 Å². The zero-order valence-electron chi connectivity index (χ0n) is 10.2. The van der Waals surface area contributed by atoms with Gasteiger partial charge in [0.1, 0.15) is 5.15 Å². The molecule has 0 spiro atoms. The number of aromatic nitrogens is 3. The third-order valence-corrected chi connectivity index (χ3v) is 3.02. The van der Waals surface area contributed by atoms with Gasteiger partial charge in [-0.15, -0.1) is 0 Å². The fourth-order valence-electron chi connectivity index (χ4n) is 1.80. The Kier molecular flexibility index (Phi) is 4.10. The Morgan fingerprint density at radius 2 is 1.94 bits per heavy atom. The van der Waals surface area contributed by atoms with Crippen LogP contribution in [-0.2, 0) is 6.42 Å². The zero-order valence-corrected chi connectivity index (χ0v) is 11.0. The van der Waals surface area contributed by atoms with Gasteiger partial charge in [0.05, 0.1) is 5.69 Å². The van der Waals surface area contributed by atoms with Crippen LogP contribution in [0, 0.1) is 0 Å². The first-order valence-electron chi connectivity index (χ1n) is 5.94. The minimum atomic E-state index is 0.201. The van der Waals surface area contributed by atoms with Crippen molar-refractivity contribution in [3.63, 3.8) is 0 Å². The monoisotopic (exact) mass is 262 g/mol. The highest BCUT2D eigenvalue weighted by Gasteiger charge is 2.13. The molecule has 18 heavy (non-hydrogen) atoms. The largest absolute Gasteiger partial charge is 0.368 e. The molecule has 0 saturated carbocycles. The molecule has 2 heterocycles. The van der Waals surface area contributed by atoms with E-state index < -0.39 is 0 Å². The number of unbranched alkanes of at least 4 members (excludes halogenated alkanes) is 1. The maximum atomic E-state index is 6.17. The van der Waals surface area contributed by atoms with Crippen LogP contribution in [0.2, 0.25) is 5.15 Å². The van der Waals surface area contributed by atoms with E-state index in [0.717, 1.165) is 36.1 Å². The van der Waals surface area contributed by atoms with Crippen molar-refractivity contribution in [1.29, 1.82) is 0 Å². The molecule has 0 atom stereocenters. The SMILES string of the molecule is CCCCc1c(Cl)nc(N)nc1-c1ccncc1. The van der Waals surface area contributed by atoms with E-state index >= 15 is 0 Å². The van der Waals surface area contributed by atoms with Crippen molar-refractivity contribution in [3.05, 3.63) is 35.2 Å². The van der Waals surface area contributed by atoms with Crippen LogP contribution in [0.5, 0.6) is 0 Å². The van der Waals surface area contributed by atoms with Crippen molar-refractivity contribution in [2.75, 3.05) is 5.73 Å². The van der Waals surface area contributed by atoms with Crippen LogP contribution < -0.4 is 5.73 Å². The fraction of sp³-hybridized carbons (Fsp3) is 0.308. The molecule has 0 aliphatic rings. The number of hydrogen-bond acceptors (Lipinski definition) is 4. The maximum Gasteiger partial charge on any atom is 0.222 e. The number of nitrogen functional groups attached to an aromatic ring is 1. The summed E-state index contributed by atoms with van der Waals surface area (Å²) in [5.41, 5.74) is 8.40. The molecule has 0 bridgehead atoms. The molecule has 4 nitrogen and oxygen atoms in total. The van der Waals surface area contributed by atoms with Gasteiger partial charge in [-0.05, 0) is 25.0 Å². The Morgan fingerprint density at radius 1 is 1.22 bits per heavy atom. The molecule has 0 amide bonds. The van der Waals surface area contributed by atoms with Gasteiger partial charge in [0.2, 0.25) is 5.95 Å². The molecule has 0 aliphatic heterocycles. The van der Waals surface area contributed by atoms with Gasteiger partial charge in [0.15, 0.2) is 0 Å². The number of pyridine rings is 1. The second kappa shape index (κ2) is 5.78. The van der Waals surface area contributed by atoms with Gasteiger partial charge in [0.25, 0.3) is 0 Å². The molecule has 2 rings (SSSR count). The second-order valence-electron chi connectivity index (χ2n) is 4.04. The lowest BCUT2D eigenvalue weighted by atomic mass is 10.0. The van der Waals surface area contributed by atoms with Crippen molar-refractivity contribution < 1.29 is 0 Å². The molecule has 0 aliphatic carbocycles. The van der Waals surface area contributed by atoms with E-state index in [0.29, 0.717) is 5.15 Å². The summed E-state index contributed by atoms with van der Waals surface area (Å²) in [5.74, 6) is 0.201. The van der Waals surface area contributed by atoms with Crippen molar-refractivity contribution in [1.82, 2.24) is 15.0 Å². The summed E-state index contributed by atoms with van der Waals surface area (Å²) in [6, 6.07) is 3.79. The quantitative estimate of drug-likeness (QED) is 0.860. The third kappa shape index (κ3) is 2.76. The predicted molar refractivity (Wildman–Crippen MR) is 73.3 cm³/mol. The summed E-state index contributed by atoms with van der Waals surface area (Å²) in [5, 5.41) is 0.447. The van der Waals surface area contributed by atoms with Gasteiger partial charge < -0.3 is 5.73 Å². The minimum absolute atomic E-state index is 0.201. The van der Waals surface area contributed by atoms with E-state index in [-0.39, 0.29) is 5.95 Å². The molecule has 94 valence electrons. The van der Waals surface area contributed by atoms with Gasteiger partial charge >= 0.3 is 0 Å². The Morgan fingerprint density at radius 3 is 2.61 bits per heavy atom. The average molecular weight is 263 g/mol. The Bertz CT molecular complexity index is 528. The molecule has 5 heteroatoms. The molecular formula is C13H15ClN4. The van der Waals surface area contributed by atoms with E-state index in [9.17, 15) is 0 Å². The standard InChI is InChI=1S/C13H15ClN4/c1-2-3-4-10-11(9-5-7-16-8-6-9)17-13(15)18-12(10)14/h5-8H,2-4H2,1H3,(H2,15,17,18). The van der Waals surface area contributed by atoms with Crippen LogP contribution >= 0.6 is 11.6 Å². The lowest BCUT2D eigenvalue weighted by Crippen LogP contribution is -2.03. The molecule has 2 aromatic rings. The Balaban J connectivity index is 2.50. The van der Waals surface area contributed by atoms with Gasteiger partial charge in [-0.25, -0.2) is 9.97 Å². The number of anilines is 1. The normalized spacial score (nSPS) is 10.6. The molecule has 0 radical (unpaired) electrons. The van der Waals surface area contributed by atoms with Crippen LogP contribution in [-0.4, -0.2) is 15.0 Å². The number of halogens is 1. The van der Waals surface area contributed by atoms with Crippen molar-refractivity contribution in [3.8, 4) is 11.3 Å². The summed E-state index contributed by atoms with van der Waals surface area (Å²) in [6.45, 7) is 2.14. The lowest BCUT2D eigenvalue weighted by molar-refractivity contribution is 0.790. The van der Waals surface area contributed by atoms with Crippen molar-refractivity contribution in [2.45, 2.75) is 26.2 Å². The van der Waals surface area contributed by atoms with Gasteiger partial charge in [0, 0.05) is 23.5 Å². The number of rotatable bonds is 4. The molecule has 0 aromatic carbocycles. The van der Waals surface area contributed by atoms with E-state index in [1.165, 1.54) is 0 Å². The van der Waals surface area contributed by atoms with Crippen LogP contribution in [0.25, 0.3) is 11.3 Å². The lowest BCUT2D eigenvalue weighted by Gasteiger charge is -2.10. The van der Waals surface area contributed by atoms with Gasteiger partial charge in [-0.2, -0.15) is 0 Å². The molecule has 0 saturated heterocycles. The zero-order chi connectivity index (χ0) is 13.0. The Labute approximate surface area is 111 Å². The average Bonchev–Trinajstić information content (AvgIpc) is 2.38. The first-order valence-corrected chi connectivity index (χ1v) is 6.32. The smallest absolute Gasteiger partial charge is 0.222 e. The number of nitrogens with two attached hydrogens (primary N) is 1. The van der Waals surface area contributed by atoms with Crippen molar-refractivity contribution in [2.24, 2.45) is 0 Å². The van der Waals surface area contributed by atoms with E-state index in [4.69, 9.17) is 17.3 Å². The minimum Gasteiger partial charge on any atom is -0.368 e. The van der Waals surface area contributed by atoms with Crippen LogP contribution in [0.3, 0.4) is 0 Å². The number of nitrogens with zero attached hydrogens (tertiary/aromatic N) is 3. The van der Waals surface area contributed by atoms with E-state index in [2.05, 4.69) is 21.9 Å². The maximum absolute atomic E-state index is 6.17. The van der Waals surface area contributed by atoms with Gasteiger partial charge in [-0.3, -0.25) is 4.98 Å². The fourth-order valence-corrected chi connectivity index (χ4v) is 2.07. The first-order chi connectivity index (χ1) is 8.72. The Hall–Kier alpha value is -1.68. The van der Waals surface area contributed by atoms with Crippen molar-refractivity contribution >= 4 is 17.5 Å². The summed E-state index contributed by atoms with van der Waals surface area (Å²) in [7, 11) is 0. The van der Waals surface area contributed by atoms with Crippen LogP contribution in [0.1, 0.15) is 25.3 Å². The molecule has 0 fully saturated rings. The topological polar surface area (TPSA) is 64.7 Å². The summed E-state index contributed by atoms with van der Waals surface area (Å²) in [6.07, 6.45) is 6.45. The van der Waals surface area contributed by atoms with Gasteiger partial charge in [-0.1, -0.05) is 24.9 Å². The van der Waals surface area contributed by atoms with E-state index in [1.54, 1.807) is 12.4 Å². The van der Waals surface area contributed by atoms with Crippen LogP contribution in [0.15, 0.2) is 24.5 Å². The summed E-state index contributed by atoms with van der Waals surface area (Å²) >= 11 is 6.17. The summed E-state index contributed by atoms with van der Waals surface area (Å²) in [4.78, 5) is 12.3. The molecule has 2 N–H and O–H groups in total. The predicted octanol–water partition coefficient (Wildman–Crippen LogP) is 3.12.